The maximum absolute atomic E-state index is 12.8. The number of aryl methyl sites for hydroxylation is 2. The van der Waals surface area contributed by atoms with Crippen molar-refractivity contribution in [3.05, 3.63) is 16.6 Å². The monoisotopic (exact) mass is 393 g/mol. The zero-order chi connectivity index (χ0) is 19.4. The molecule has 1 N–H and O–H groups in total. The van der Waals surface area contributed by atoms with E-state index in [0.29, 0.717) is 45.9 Å². The van der Waals surface area contributed by atoms with E-state index in [1.807, 2.05) is 29.6 Å². The second kappa shape index (κ2) is 8.81. The first kappa shape index (κ1) is 19.8. The van der Waals surface area contributed by atoms with E-state index in [0.717, 1.165) is 27.2 Å². The predicted molar refractivity (Wildman–Crippen MR) is 105 cm³/mol. The topological polar surface area (TPSA) is 79.7 Å². The first-order valence-corrected chi connectivity index (χ1v) is 10.0. The van der Waals surface area contributed by atoms with Gasteiger partial charge in [-0.15, -0.1) is 11.3 Å². The molecule has 3 heterocycles. The van der Waals surface area contributed by atoms with Gasteiger partial charge in [-0.05, 0) is 19.4 Å². The lowest BCUT2D eigenvalue weighted by atomic mass is 10.2. The van der Waals surface area contributed by atoms with Crippen molar-refractivity contribution in [2.45, 2.75) is 13.3 Å². The van der Waals surface area contributed by atoms with Gasteiger partial charge in [0.2, 0.25) is 5.91 Å². The molecule has 1 saturated heterocycles. The van der Waals surface area contributed by atoms with Crippen LogP contribution in [0.3, 0.4) is 0 Å². The van der Waals surface area contributed by atoms with Gasteiger partial charge < -0.3 is 15.0 Å². The van der Waals surface area contributed by atoms with Crippen molar-refractivity contribution in [1.82, 2.24) is 24.9 Å². The number of nitrogens with zero attached hydrogens (tertiary/aromatic N) is 4. The van der Waals surface area contributed by atoms with Crippen molar-refractivity contribution in [3.8, 4) is 0 Å². The fourth-order valence-electron chi connectivity index (χ4n) is 3.28. The average Bonchev–Trinajstić information content (AvgIpc) is 3.20. The van der Waals surface area contributed by atoms with Crippen molar-refractivity contribution < 1.29 is 14.3 Å². The Kier molecular flexibility index (Phi) is 6.46. The molecular weight excluding hydrogens is 366 g/mol. The van der Waals surface area contributed by atoms with Crippen LogP contribution in [0.1, 0.15) is 21.8 Å². The van der Waals surface area contributed by atoms with Crippen LogP contribution < -0.4 is 5.32 Å². The van der Waals surface area contributed by atoms with E-state index in [-0.39, 0.29) is 11.8 Å². The zero-order valence-corrected chi connectivity index (χ0v) is 17.0. The molecule has 148 valence electrons. The van der Waals surface area contributed by atoms with Crippen molar-refractivity contribution >= 4 is 33.4 Å². The minimum Gasteiger partial charge on any atom is -0.385 e. The number of thiophene rings is 1. The molecule has 1 aliphatic rings. The number of carbonyl (C=O) groups excluding carboxylic acids is 2. The largest absolute Gasteiger partial charge is 0.385 e. The smallest absolute Gasteiger partial charge is 0.264 e. The van der Waals surface area contributed by atoms with E-state index in [9.17, 15) is 9.59 Å². The van der Waals surface area contributed by atoms with Crippen molar-refractivity contribution in [2.75, 3.05) is 53.0 Å². The molecule has 1 fully saturated rings. The Morgan fingerprint density at radius 2 is 2.04 bits per heavy atom. The van der Waals surface area contributed by atoms with Crippen molar-refractivity contribution in [3.63, 3.8) is 0 Å². The van der Waals surface area contributed by atoms with Gasteiger partial charge in [0.25, 0.3) is 5.91 Å². The number of piperazine rings is 1. The highest BCUT2D eigenvalue weighted by molar-refractivity contribution is 7.20. The molecular formula is C18H27N5O3S. The Bertz CT molecular complexity index is 773. The summed E-state index contributed by atoms with van der Waals surface area (Å²) >= 11 is 1.49. The molecule has 0 unspecified atom stereocenters. The Morgan fingerprint density at radius 1 is 1.30 bits per heavy atom. The van der Waals surface area contributed by atoms with Crippen molar-refractivity contribution in [2.24, 2.45) is 7.05 Å². The Labute approximate surface area is 163 Å². The maximum Gasteiger partial charge on any atom is 0.264 e. The quantitative estimate of drug-likeness (QED) is 0.706. The van der Waals surface area contributed by atoms with Crippen LogP contribution in [0, 0.1) is 6.92 Å². The number of methoxy groups -OCH3 is 1. The molecule has 2 aromatic rings. The van der Waals surface area contributed by atoms with Crippen LogP contribution in [0.4, 0.5) is 0 Å². The summed E-state index contributed by atoms with van der Waals surface area (Å²) in [6.07, 6.45) is 0.814. The molecule has 8 nitrogen and oxygen atoms in total. The second-order valence-corrected chi connectivity index (χ2v) is 7.83. The summed E-state index contributed by atoms with van der Waals surface area (Å²) in [6.45, 7) is 6.32. The summed E-state index contributed by atoms with van der Waals surface area (Å²) in [4.78, 5) is 30.5. The number of aromatic nitrogens is 2. The summed E-state index contributed by atoms with van der Waals surface area (Å²) in [5, 5.41) is 8.33. The van der Waals surface area contributed by atoms with Crippen LogP contribution in [0.2, 0.25) is 0 Å². The van der Waals surface area contributed by atoms with E-state index in [2.05, 4.69) is 15.3 Å². The highest BCUT2D eigenvalue weighted by Gasteiger charge is 2.25. The molecule has 9 heteroatoms. The van der Waals surface area contributed by atoms with E-state index in [1.54, 1.807) is 7.11 Å². The molecule has 3 rings (SSSR count). The predicted octanol–water partition coefficient (Wildman–Crippen LogP) is 0.854. The number of nitrogens with one attached hydrogen (secondary N) is 1. The lowest BCUT2D eigenvalue weighted by Gasteiger charge is -2.34. The van der Waals surface area contributed by atoms with Gasteiger partial charge in [-0.2, -0.15) is 5.10 Å². The lowest BCUT2D eigenvalue weighted by Crippen LogP contribution is -2.51. The van der Waals surface area contributed by atoms with Crippen LogP contribution in [0.25, 0.3) is 10.2 Å². The van der Waals surface area contributed by atoms with Gasteiger partial charge in [-0.3, -0.25) is 19.2 Å². The summed E-state index contributed by atoms with van der Waals surface area (Å²) in [5.74, 6) is 0.0950. The van der Waals surface area contributed by atoms with Gasteiger partial charge in [-0.25, -0.2) is 0 Å². The van der Waals surface area contributed by atoms with E-state index in [1.165, 1.54) is 11.3 Å². The highest BCUT2D eigenvalue weighted by atomic mass is 32.1. The molecule has 0 atom stereocenters. The number of ether oxygens (including phenoxy) is 1. The van der Waals surface area contributed by atoms with E-state index < -0.39 is 0 Å². The number of amides is 2. The molecule has 0 saturated carbocycles. The summed E-state index contributed by atoms with van der Waals surface area (Å²) in [6, 6.07) is 1.95. The minimum absolute atomic E-state index is 0.0263. The number of hydrogen-bond acceptors (Lipinski definition) is 6. The molecule has 0 bridgehead atoms. The summed E-state index contributed by atoms with van der Waals surface area (Å²) < 4.78 is 6.80. The van der Waals surface area contributed by atoms with Crippen LogP contribution in [-0.4, -0.2) is 84.4 Å². The van der Waals surface area contributed by atoms with Gasteiger partial charge in [0.05, 0.1) is 17.1 Å². The maximum atomic E-state index is 12.8. The third kappa shape index (κ3) is 4.66. The SMILES string of the molecule is COCCCNC(=O)CN1CCN(C(=O)c2cc3c(C)nn(C)c3s2)CC1. The van der Waals surface area contributed by atoms with Gasteiger partial charge in [0, 0.05) is 58.9 Å². The Balaban J connectivity index is 1.48. The molecule has 2 aromatic heterocycles. The highest BCUT2D eigenvalue weighted by Crippen LogP contribution is 2.28. The molecule has 27 heavy (non-hydrogen) atoms. The van der Waals surface area contributed by atoms with E-state index in [4.69, 9.17) is 4.74 Å². The molecule has 2 amide bonds. The lowest BCUT2D eigenvalue weighted by molar-refractivity contribution is -0.122. The summed E-state index contributed by atoms with van der Waals surface area (Å²) in [5.41, 5.74) is 0.948. The van der Waals surface area contributed by atoms with E-state index >= 15 is 0 Å². The normalized spacial score (nSPS) is 15.4. The van der Waals surface area contributed by atoms with Gasteiger partial charge >= 0.3 is 0 Å². The third-order valence-electron chi connectivity index (χ3n) is 4.78. The first-order valence-electron chi connectivity index (χ1n) is 9.20. The zero-order valence-electron chi connectivity index (χ0n) is 16.2. The van der Waals surface area contributed by atoms with Gasteiger partial charge in [0.15, 0.2) is 0 Å². The minimum atomic E-state index is 0.0263. The van der Waals surface area contributed by atoms with Crippen LogP contribution in [0.5, 0.6) is 0 Å². The fourth-order valence-corrected chi connectivity index (χ4v) is 4.37. The van der Waals surface area contributed by atoms with Gasteiger partial charge in [-0.1, -0.05) is 0 Å². The van der Waals surface area contributed by atoms with Crippen LogP contribution in [0.15, 0.2) is 6.07 Å². The van der Waals surface area contributed by atoms with Gasteiger partial charge in [0.1, 0.15) is 4.83 Å². The van der Waals surface area contributed by atoms with Crippen LogP contribution >= 0.6 is 11.3 Å². The fraction of sp³-hybridized carbons (Fsp3) is 0.611. The van der Waals surface area contributed by atoms with Crippen LogP contribution in [-0.2, 0) is 16.6 Å². The molecule has 0 spiro atoms. The summed E-state index contributed by atoms with van der Waals surface area (Å²) in [7, 11) is 3.55. The molecule has 1 aliphatic heterocycles. The molecule has 0 radical (unpaired) electrons. The Hall–Kier alpha value is -1.97. The standard InChI is InChI=1S/C18H27N5O3S/c1-13-14-11-15(27-18(14)21(2)20-13)17(25)23-8-6-22(7-9-23)12-16(24)19-5-4-10-26-3/h11H,4-10,12H2,1-3H3,(H,19,24). The Morgan fingerprint density at radius 3 is 2.70 bits per heavy atom. The third-order valence-corrected chi connectivity index (χ3v) is 5.97. The molecule has 0 aromatic carbocycles. The molecule has 0 aliphatic carbocycles. The number of fused-ring (bicyclic) bond motifs is 1. The first-order chi connectivity index (χ1) is 13.0. The average molecular weight is 394 g/mol. The number of carbonyl (C=O) groups is 2. The number of hydrogen-bond donors (Lipinski definition) is 1. The second-order valence-electron chi connectivity index (χ2n) is 6.80. The van der Waals surface area contributed by atoms with Crippen molar-refractivity contribution in [1.29, 1.82) is 0 Å². The number of rotatable bonds is 7.